The number of aryl methyl sites for hydroxylation is 1. The van der Waals surface area contributed by atoms with E-state index in [0.29, 0.717) is 21.5 Å². The van der Waals surface area contributed by atoms with Crippen LogP contribution < -0.4 is 11.0 Å². The molecule has 1 heterocycles. The number of carbonyl (C=O) groups excluding carboxylic acids is 1. The standard InChI is InChI=1S/C18H15ClN4O2/c1-11(12-6-5-7-13(19)10-12)20-21-17(24)16-14-8-3-4-9-15(14)18(25)23(2)22-16/h3-10H,1-2H3,(H,21,24)/b20-11+. The van der Waals surface area contributed by atoms with Gasteiger partial charge in [0.2, 0.25) is 0 Å². The third kappa shape index (κ3) is 3.44. The van der Waals surface area contributed by atoms with Gasteiger partial charge in [0, 0.05) is 17.5 Å². The minimum Gasteiger partial charge on any atom is -0.267 e. The Morgan fingerprint density at radius 1 is 1.16 bits per heavy atom. The molecule has 0 radical (unpaired) electrons. The Balaban J connectivity index is 1.94. The molecule has 0 unspecified atom stereocenters. The van der Waals surface area contributed by atoms with Crippen LogP contribution in [0, 0.1) is 0 Å². The molecule has 0 spiro atoms. The maximum atomic E-state index is 12.5. The number of fused-ring (bicyclic) bond motifs is 1. The number of amides is 1. The van der Waals surface area contributed by atoms with Crippen LogP contribution >= 0.6 is 11.6 Å². The number of benzene rings is 2. The first-order valence-electron chi connectivity index (χ1n) is 7.54. The lowest BCUT2D eigenvalue weighted by molar-refractivity contribution is 0.0949. The minimum absolute atomic E-state index is 0.139. The molecule has 126 valence electrons. The second kappa shape index (κ2) is 6.86. The fourth-order valence-corrected chi connectivity index (χ4v) is 2.62. The van der Waals surface area contributed by atoms with Crippen molar-refractivity contribution >= 4 is 34.0 Å². The number of nitrogens with one attached hydrogen (secondary N) is 1. The summed E-state index contributed by atoms with van der Waals surface area (Å²) in [5.41, 5.74) is 3.76. The lowest BCUT2D eigenvalue weighted by Crippen LogP contribution is -2.27. The Morgan fingerprint density at radius 2 is 1.88 bits per heavy atom. The number of hydrogen-bond donors (Lipinski definition) is 1. The van der Waals surface area contributed by atoms with Crippen LogP contribution in [0.3, 0.4) is 0 Å². The summed E-state index contributed by atoms with van der Waals surface area (Å²) in [7, 11) is 1.51. The molecular weight excluding hydrogens is 340 g/mol. The van der Waals surface area contributed by atoms with Crippen LogP contribution in [0.2, 0.25) is 5.02 Å². The zero-order valence-electron chi connectivity index (χ0n) is 13.7. The smallest absolute Gasteiger partial charge is 0.267 e. The summed E-state index contributed by atoms with van der Waals surface area (Å²) in [6, 6.07) is 14.0. The molecule has 3 rings (SSSR count). The molecule has 1 amide bonds. The monoisotopic (exact) mass is 354 g/mol. The predicted molar refractivity (Wildman–Crippen MR) is 98.1 cm³/mol. The largest absolute Gasteiger partial charge is 0.292 e. The number of rotatable bonds is 3. The average molecular weight is 355 g/mol. The van der Waals surface area contributed by atoms with E-state index in [9.17, 15) is 9.59 Å². The second-order valence-electron chi connectivity index (χ2n) is 5.47. The van der Waals surface area contributed by atoms with Gasteiger partial charge in [-0.1, -0.05) is 41.9 Å². The molecule has 0 atom stereocenters. The van der Waals surface area contributed by atoms with Gasteiger partial charge in [-0.05, 0) is 30.7 Å². The van der Waals surface area contributed by atoms with E-state index in [4.69, 9.17) is 11.6 Å². The molecule has 1 N–H and O–H groups in total. The normalized spacial score (nSPS) is 11.6. The number of hydrogen-bond acceptors (Lipinski definition) is 4. The fraction of sp³-hybridized carbons (Fsp3) is 0.111. The minimum atomic E-state index is -0.492. The SMILES string of the molecule is C/C(=N\NC(=O)c1nn(C)c(=O)c2ccccc12)c1cccc(Cl)c1. The molecule has 0 saturated heterocycles. The summed E-state index contributed by atoms with van der Waals surface area (Å²) in [4.78, 5) is 24.6. The number of nitrogens with zero attached hydrogens (tertiary/aromatic N) is 3. The summed E-state index contributed by atoms with van der Waals surface area (Å²) in [6.45, 7) is 1.76. The Morgan fingerprint density at radius 3 is 2.60 bits per heavy atom. The van der Waals surface area contributed by atoms with E-state index >= 15 is 0 Å². The van der Waals surface area contributed by atoms with Crippen molar-refractivity contribution in [1.29, 1.82) is 0 Å². The van der Waals surface area contributed by atoms with E-state index < -0.39 is 5.91 Å². The van der Waals surface area contributed by atoms with Crippen LogP contribution in [-0.2, 0) is 7.05 Å². The average Bonchev–Trinajstić information content (AvgIpc) is 2.62. The zero-order chi connectivity index (χ0) is 18.0. The first kappa shape index (κ1) is 16.9. The van der Waals surface area contributed by atoms with Crippen molar-refractivity contribution < 1.29 is 4.79 Å². The second-order valence-corrected chi connectivity index (χ2v) is 5.91. The summed E-state index contributed by atoms with van der Waals surface area (Å²) in [5, 5.41) is 9.67. The van der Waals surface area contributed by atoms with Gasteiger partial charge in [-0.3, -0.25) is 9.59 Å². The number of aromatic nitrogens is 2. The molecule has 0 aliphatic heterocycles. The van der Waals surface area contributed by atoms with Gasteiger partial charge in [0.1, 0.15) is 0 Å². The van der Waals surface area contributed by atoms with E-state index in [1.165, 1.54) is 7.05 Å². The van der Waals surface area contributed by atoms with Crippen molar-refractivity contribution in [3.8, 4) is 0 Å². The molecule has 3 aromatic rings. The highest BCUT2D eigenvalue weighted by atomic mass is 35.5. The van der Waals surface area contributed by atoms with E-state index in [1.807, 2.05) is 6.07 Å². The van der Waals surface area contributed by atoms with E-state index in [2.05, 4.69) is 15.6 Å². The van der Waals surface area contributed by atoms with E-state index in [1.54, 1.807) is 49.4 Å². The third-order valence-electron chi connectivity index (χ3n) is 3.74. The van der Waals surface area contributed by atoms with Crippen molar-refractivity contribution in [2.45, 2.75) is 6.92 Å². The highest BCUT2D eigenvalue weighted by Crippen LogP contribution is 2.13. The molecular formula is C18H15ClN4O2. The van der Waals surface area contributed by atoms with Gasteiger partial charge in [-0.15, -0.1) is 0 Å². The molecule has 1 aromatic heterocycles. The molecule has 0 aliphatic rings. The van der Waals surface area contributed by atoms with Crippen LogP contribution in [0.15, 0.2) is 58.4 Å². The molecule has 7 heteroatoms. The topological polar surface area (TPSA) is 76.3 Å². The Hall–Kier alpha value is -2.99. The highest BCUT2D eigenvalue weighted by molar-refractivity contribution is 6.31. The third-order valence-corrected chi connectivity index (χ3v) is 3.97. The lowest BCUT2D eigenvalue weighted by atomic mass is 10.1. The van der Waals surface area contributed by atoms with Gasteiger partial charge < -0.3 is 0 Å². The maximum Gasteiger partial charge on any atom is 0.292 e. The first-order valence-corrected chi connectivity index (χ1v) is 7.92. The Kier molecular flexibility index (Phi) is 4.63. The summed E-state index contributed by atoms with van der Waals surface area (Å²) < 4.78 is 1.14. The number of halogens is 1. The van der Waals surface area contributed by atoms with E-state index in [0.717, 1.165) is 10.2 Å². The first-order chi connectivity index (χ1) is 12.0. The highest BCUT2D eigenvalue weighted by Gasteiger charge is 2.15. The maximum absolute atomic E-state index is 12.5. The van der Waals surface area contributed by atoms with Gasteiger partial charge in [0.15, 0.2) is 5.69 Å². The van der Waals surface area contributed by atoms with Gasteiger partial charge in [0.05, 0.1) is 11.1 Å². The lowest BCUT2D eigenvalue weighted by Gasteiger charge is -2.07. The van der Waals surface area contributed by atoms with Crippen molar-refractivity contribution in [3.05, 3.63) is 75.2 Å². The van der Waals surface area contributed by atoms with Crippen LogP contribution in [0.1, 0.15) is 23.0 Å². The molecule has 6 nitrogen and oxygen atoms in total. The summed E-state index contributed by atoms with van der Waals surface area (Å²) >= 11 is 5.96. The number of carbonyl (C=O) groups is 1. The summed E-state index contributed by atoms with van der Waals surface area (Å²) in [6.07, 6.45) is 0. The fourth-order valence-electron chi connectivity index (χ4n) is 2.43. The van der Waals surface area contributed by atoms with Crippen LogP contribution in [0.5, 0.6) is 0 Å². The van der Waals surface area contributed by atoms with Crippen LogP contribution in [0.25, 0.3) is 10.8 Å². The molecule has 25 heavy (non-hydrogen) atoms. The van der Waals surface area contributed by atoms with Gasteiger partial charge >= 0.3 is 0 Å². The molecule has 2 aromatic carbocycles. The van der Waals surface area contributed by atoms with Gasteiger partial charge in [0.25, 0.3) is 11.5 Å². The van der Waals surface area contributed by atoms with Crippen molar-refractivity contribution in [2.75, 3.05) is 0 Å². The molecule has 0 bridgehead atoms. The predicted octanol–water partition coefficient (Wildman–Crippen LogP) is 2.74. The van der Waals surface area contributed by atoms with Crippen molar-refractivity contribution in [2.24, 2.45) is 12.1 Å². The van der Waals surface area contributed by atoms with Crippen LogP contribution in [0.4, 0.5) is 0 Å². The van der Waals surface area contributed by atoms with Gasteiger partial charge in [-0.25, -0.2) is 10.1 Å². The molecule has 0 aliphatic carbocycles. The number of hydrazone groups is 1. The van der Waals surface area contributed by atoms with Crippen LogP contribution in [-0.4, -0.2) is 21.4 Å². The Labute approximate surface area is 148 Å². The molecule has 0 saturated carbocycles. The van der Waals surface area contributed by atoms with Crippen molar-refractivity contribution in [1.82, 2.24) is 15.2 Å². The molecule has 0 fully saturated rings. The Bertz CT molecular complexity index is 1060. The zero-order valence-corrected chi connectivity index (χ0v) is 14.4. The summed E-state index contributed by atoms with van der Waals surface area (Å²) in [5.74, 6) is -0.492. The van der Waals surface area contributed by atoms with Gasteiger partial charge in [-0.2, -0.15) is 10.2 Å². The van der Waals surface area contributed by atoms with Crippen molar-refractivity contribution in [3.63, 3.8) is 0 Å². The van der Waals surface area contributed by atoms with E-state index in [-0.39, 0.29) is 11.3 Å². The quantitative estimate of drug-likeness (QED) is 0.580.